The van der Waals surface area contributed by atoms with Gasteiger partial charge in [-0.25, -0.2) is 8.93 Å². The van der Waals surface area contributed by atoms with Crippen LogP contribution in [0.1, 0.15) is 102 Å². The second-order valence-corrected chi connectivity index (χ2v) is 16.8. The molecule has 3 aromatic carbocycles. The van der Waals surface area contributed by atoms with Crippen molar-refractivity contribution in [2.24, 2.45) is 0 Å². The van der Waals surface area contributed by atoms with E-state index < -0.39 is 11.0 Å². The van der Waals surface area contributed by atoms with E-state index in [2.05, 4.69) is 92.2 Å². The average Bonchev–Trinajstić information content (AvgIpc) is 2.93. The van der Waals surface area contributed by atoms with Crippen LogP contribution in [-0.4, -0.2) is 20.3 Å². The summed E-state index contributed by atoms with van der Waals surface area (Å²) in [6.07, 6.45) is 13.9. The number of rotatable bonds is 7. The molecule has 4 heteroatoms. The third-order valence-corrected chi connectivity index (χ3v) is 13.5. The predicted octanol–water partition coefficient (Wildman–Crippen LogP) is 8.75. The van der Waals surface area contributed by atoms with Gasteiger partial charge in [-0.3, -0.25) is 0 Å². The van der Waals surface area contributed by atoms with Gasteiger partial charge in [0.1, 0.15) is 0 Å². The first-order chi connectivity index (χ1) is 17.9. The summed E-state index contributed by atoms with van der Waals surface area (Å²) in [5.74, 6) is 0. The van der Waals surface area contributed by atoms with Crippen molar-refractivity contribution in [2.75, 3.05) is 0 Å². The Morgan fingerprint density at radius 2 is 1.27 bits per heavy atom. The molecule has 5 rings (SSSR count). The zero-order chi connectivity index (χ0) is 25.8. The molecule has 0 spiro atoms. The van der Waals surface area contributed by atoms with Crippen molar-refractivity contribution < 1.29 is 4.21 Å². The Hall–Kier alpha value is -1.54. The molecular weight excluding hydrogens is 489 g/mol. The maximum Gasteiger partial charge on any atom is 0.0979 e. The van der Waals surface area contributed by atoms with Gasteiger partial charge in [-0.2, -0.15) is 0 Å². The largest absolute Gasteiger partial charge is 0.242 e. The number of fused-ring (bicyclic) bond motifs is 1. The van der Waals surface area contributed by atoms with E-state index >= 15 is 0 Å². The number of hydrogen-bond donors (Lipinski definition) is 1. The van der Waals surface area contributed by atoms with Crippen LogP contribution in [0, 0.1) is 0 Å². The van der Waals surface area contributed by atoms with Gasteiger partial charge in [-0.05, 0) is 85.0 Å². The summed E-state index contributed by atoms with van der Waals surface area (Å²) in [4.78, 5) is 0. The van der Waals surface area contributed by atoms with Crippen LogP contribution in [-0.2, 0) is 11.0 Å². The standard InChI is InChI=1S/C33H44NOPS/c1-33(2,3)37(35)34-32(29-23-14-16-25-15-10-11-21-28(25)29)30-22-12-13-24-31(30)36(26-17-6-4-7-18-26)27-19-8-5-9-20-27/h10-16,21-24,26-27,32,34H,4-9,17-20H2,1-3H3/t32-,37?/m0/s1. The van der Waals surface area contributed by atoms with Crippen molar-refractivity contribution in [1.29, 1.82) is 0 Å². The van der Waals surface area contributed by atoms with Gasteiger partial charge in [-0.15, -0.1) is 0 Å². The topological polar surface area (TPSA) is 29.1 Å². The molecule has 3 aromatic rings. The highest BCUT2D eigenvalue weighted by Gasteiger charge is 2.35. The quantitative estimate of drug-likeness (QED) is 0.302. The highest BCUT2D eigenvalue weighted by atomic mass is 32.2. The average molecular weight is 534 g/mol. The Balaban J connectivity index is 1.65. The summed E-state index contributed by atoms with van der Waals surface area (Å²) < 4.78 is 17.0. The Morgan fingerprint density at radius 1 is 0.730 bits per heavy atom. The van der Waals surface area contributed by atoms with Gasteiger partial charge in [0, 0.05) is 0 Å². The van der Waals surface area contributed by atoms with Crippen LogP contribution in [0.4, 0.5) is 0 Å². The van der Waals surface area contributed by atoms with Crippen LogP contribution in [0.3, 0.4) is 0 Å². The third kappa shape index (κ3) is 6.21. The summed E-state index contributed by atoms with van der Waals surface area (Å²) in [6.45, 7) is 6.21. The second kappa shape index (κ2) is 12.1. The molecule has 2 aliphatic carbocycles. The van der Waals surface area contributed by atoms with Crippen LogP contribution in [0.2, 0.25) is 0 Å². The molecule has 0 aromatic heterocycles. The molecule has 2 atom stereocenters. The molecule has 0 radical (unpaired) electrons. The molecular formula is C33H44NOPS. The number of nitrogens with one attached hydrogen (secondary N) is 1. The fourth-order valence-corrected chi connectivity index (χ4v) is 11.3. The van der Waals surface area contributed by atoms with Crippen LogP contribution < -0.4 is 10.0 Å². The van der Waals surface area contributed by atoms with Crippen LogP contribution in [0.15, 0.2) is 66.7 Å². The molecule has 2 aliphatic rings. The van der Waals surface area contributed by atoms with Gasteiger partial charge >= 0.3 is 0 Å². The van der Waals surface area contributed by atoms with Crippen molar-refractivity contribution in [3.05, 3.63) is 77.9 Å². The van der Waals surface area contributed by atoms with Crippen molar-refractivity contribution in [2.45, 2.75) is 107 Å². The van der Waals surface area contributed by atoms with E-state index in [0.29, 0.717) is 0 Å². The fraction of sp³-hybridized carbons (Fsp3) is 0.515. The van der Waals surface area contributed by atoms with E-state index in [9.17, 15) is 4.21 Å². The maximum absolute atomic E-state index is 13.6. The van der Waals surface area contributed by atoms with Gasteiger partial charge in [0.2, 0.25) is 0 Å². The first-order valence-electron chi connectivity index (χ1n) is 14.5. The van der Waals surface area contributed by atoms with E-state index in [1.54, 1.807) is 5.30 Å². The van der Waals surface area contributed by atoms with Crippen LogP contribution >= 0.6 is 7.92 Å². The van der Waals surface area contributed by atoms with E-state index in [4.69, 9.17) is 0 Å². The molecule has 0 amide bonds. The van der Waals surface area contributed by atoms with E-state index in [0.717, 1.165) is 11.3 Å². The van der Waals surface area contributed by atoms with Gasteiger partial charge < -0.3 is 0 Å². The third-order valence-electron chi connectivity index (χ3n) is 8.38. The molecule has 0 aliphatic heterocycles. The summed E-state index contributed by atoms with van der Waals surface area (Å²) in [5, 5.41) is 4.07. The zero-order valence-corrected chi connectivity index (χ0v) is 24.6. The summed E-state index contributed by atoms with van der Waals surface area (Å²) in [6, 6.07) is 24.4. The number of benzene rings is 3. The summed E-state index contributed by atoms with van der Waals surface area (Å²) in [7, 11) is -1.46. The van der Waals surface area contributed by atoms with Gasteiger partial charge in [0.25, 0.3) is 0 Å². The fourth-order valence-electron chi connectivity index (χ4n) is 6.46. The molecule has 2 nitrogen and oxygen atoms in total. The molecule has 1 N–H and O–H groups in total. The minimum atomic E-state index is -1.19. The van der Waals surface area contributed by atoms with Crippen molar-refractivity contribution >= 4 is 35.0 Å². The molecule has 1 unspecified atom stereocenters. The maximum atomic E-state index is 13.6. The Morgan fingerprint density at radius 3 is 1.92 bits per heavy atom. The number of hydrogen-bond acceptors (Lipinski definition) is 1. The Kier molecular flexibility index (Phi) is 8.85. The van der Waals surface area contributed by atoms with Crippen molar-refractivity contribution in [1.82, 2.24) is 4.72 Å². The van der Waals surface area contributed by atoms with Gasteiger partial charge in [-0.1, -0.05) is 113 Å². The lowest BCUT2D eigenvalue weighted by Crippen LogP contribution is -2.38. The highest BCUT2D eigenvalue weighted by molar-refractivity contribution is 7.84. The van der Waals surface area contributed by atoms with Gasteiger partial charge in [0.15, 0.2) is 0 Å². The van der Waals surface area contributed by atoms with Crippen molar-refractivity contribution in [3.8, 4) is 0 Å². The minimum absolute atomic E-state index is 0.0976. The SMILES string of the molecule is CC(C)(C)S(=O)N[C@H](c1ccccc1P(C1CCCCC1)C1CCCCC1)c1cccc2ccccc12. The molecule has 37 heavy (non-hydrogen) atoms. The van der Waals surface area contributed by atoms with Crippen LogP contribution in [0.25, 0.3) is 10.8 Å². The van der Waals surface area contributed by atoms with E-state index in [1.807, 2.05) is 0 Å². The van der Waals surface area contributed by atoms with E-state index in [1.165, 1.54) is 86.1 Å². The second-order valence-electron chi connectivity index (χ2n) is 12.1. The summed E-state index contributed by atoms with van der Waals surface area (Å²) >= 11 is 0. The molecule has 198 valence electrons. The molecule has 0 saturated heterocycles. The lowest BCUT2D eigenvalue weighted by atomic mass is 9.94. The van der Waals surface area contributed by atoms with Crippen molar-refractivity contribution in [3.63, 3.8) is 0 Å². The summed E-state index contributed by atoms with van der Waals surface area (Å²) in [5.41, 5.74) is 4.26. The Bertz CT molecular complexity index is 1180. The molecule has 2 saturated carbocycles. The highest BCUT2D eigenvalue weighted by Crippen LogP contribution is 2.56. The van der Waals surface area contributed by atoms with Gasteiger partial charge in [0.05, 0.1) is 21.8 Å². The van der Waals surface area contributed by atoms with Crippen LogP contribution in [0.5, 0.6) is 0 Å². The first kappa shape index (κ1) is 27.0. The molecule has 2 fully saturated rings. The normalized spacial score (nSPS) is 19.8. The monoisotopic (exact) mass is 533 g/mol. The minimum Gasteiger partial charge on any atom is -0.242 e. The first-order valence-corrected chi connectivity index (χ1v) is 17.1. The lowest BCUT2D eigenvalue weighted by molar-refractivity contribution is 0.487. The zero-order valence-electron chi connectivity index (χ0n) is 22.9. The lowest BCUT2D eigenvalue weighted by Gasteiger charge is -2.40. The smallest absolute Gasteiger partial charge is 0.0979 e. The van der Waals surface area contributed by atoms with E-state index in [-0.39, 0.29) is 18.7 Å². The molecule has 0 bridgehead atoms. The Labute approximate surface area is 228 Å². The predicted molar refractivity (Wildman–Crippen MR) is 164 cm³/mol. The molecule has 0 heterocycles.